The van der Waals surface area contributed by atoms with Gasteiger partial charge in [0.05, 0.1) is 4.92 Å². The quantitative estimate of drug-likeness (QED) is 0.610. The van der Waals surface area contributed by atoms with Gasteiger partial charge in [-0.25, -0.2) is 0 Å². The van der Waals surface area contributed by atoms with Gasteiger partial charge in [-0.15, -0.1) is 0 Å². The van der Waals surface area contributed by atoms with Crippen LogP contribution < -0.4 is 5.73 Å². The highest BCUT2D eigenvalue weighted by Crippen LogP contribution is 2.28. The average Bonchev–Trinajstić information content (AvgIpc) is 2.36. The lowest BCUT2D eigenvalue weighted by atomic mass is 9.81. The Morgan fingerprint density at radius 3 is 2.59 bits per heavy atom. The van der Waals surface area contributed by atoms with Crippen LogP contribution in [0.15, 0.2) is 24.3 Å². The van der Waals surface area contributed by atoms with Crippen LogP contribution >= 0.6 is 0 Å². The van der Waals surface area contributed by atoms with E-state index in [0.717, 1.165) is 18.4 Å². The highest BCUT2D eigenvalue weighted by Gasteiger charge is 2.21. The first-order chi connectivity index (χ1) is 8.02. The molecular weight excluding hydrogens is 216 g/mol. The Morgan fingerprint density at radius 2 is 2.06 bits per heavy atom. The van der Waals surface area contributed by atoms with E-state index in [1.54, 1.807) is 12.1 Å². The van der Waals surface area contributed by atoms with Crippen LogP contribution in [0.3, 0.4) is 0 Å². The SMILES string of the molecule is CCC(C)(CN)CCc1ccccc1[N+](=O)[O-]. The number of hydrogen-bond acceptors (Lipinski definition) is 3. The fourth-order valence-electron chi connectivity index (χ4n) is 1.76. The van der Waals surface area contributed by atoms with Crippen molar-refractivity contribution in [3.05, 3.63) is 39.9 Å². The normalized spacial score (nSPS) is 14.3. The third-order valence-electron chi connectivity index (χ3n) is 3.53. The van der Waals surface area contributed by atoms with Gasteiger partial charge >= 0.3 is 0 Å². The lowest BCUT2D eigenvalue weighted by Crippen LogP contribution is -2.27. The van der Waals surface area contributed by atoms with E-state index in [0.29, 0.717) is 13.0 Å². The van der Waals surface area contributed by atoms with Gasteiger partial charge in [0, 0.05) is 11.6 Å². The summed E-state index contributed by atoms with van der Waals surface area (Å²) in [5, 5.41) is 10.9. The molecule has 0 heterocycles. The second-order valence-electron chi connectivity index (χ2n) is 4.75. The second-order valence-corrected chi connectivity index (χ2v) is 4.75. The third kappa shape index (κ3) is 3.53. The first kappa shape index (κ1) is 13.6. The van der Waals surface area contributed by atoms with Crippen molar-refractivity contribution < 1.29 is 4.92 Å². The summed E-state index contributed by atoms with van der Waals surface area (Å²) < 4.78 is 0. The number of para-hydroxylation sites is 1. The molecule has 1 unspecified atom stereocenters. The van der Waals surface area contributed by atoms with Crippen molar-refractivity contribution in [2.75, 3.05) is 6.54 Å². The molecule has 4 heteroatoms. The molecule has 0 fully saturated rings. The fourth-order valence-corrected chi connectivity index (χ4v) is 1.76. The van der Waals surface area contributed by atoms with Crippen molar-refractivity contribution in [2.45, 2.75) is 33.1 Å². The molecule has 4 nitrogen and oxygen atoms in total. The Hall–Kier alpha value is -1.42. The van der Waals surface area contributed by atoms with Gasteiger partial charge < -0.3 is 5.73 Å². The van der Waals surface area contributed by atoms with E-state index in [9.17, 15) is 10.1 Å². The summed E-state index contributed by atoms with van der Waals surface area (Å²) in [6.45, 7) is 4.85. The molecule has 0 aromatic heterocycles. The number of nitrogens with zero attached hydrogens (tertiary/aromatic N) is 1. The Balaban J connectivity index is 2.79. The van der Waals surface area contributed by atoms with Crippen LogP contribution in [-0.4, -0.2) is 11.5 Å². The lowest BCUT2D eigenvalue weighted by molar-refractivity contribution is -0.385. The summed E-state index contributed by atoms with van der Waals surface area (Å²) in [4.78, 5) is 10.5. The minimum atomic E-state index is -0.318. The van der Waals surface area contributed by atoms with Crippen LogP contribution in [-0.2, 0) is 6.42 Å². The van der Waals surface area contributed by atoms with Crippen LogP contribution in [0.4, 0.5) is 5.69 Å². The van der Waals surface area contributed by atoms with Gasteiger partial charge in [0.1, 0.15) is 0 Å². The predicted octanol–water partition coefficient (Wildman–Crippen LogP) is 2.90. The summed E-state index contributed by atoms with van der Waals surface area (Å²) in [7, 11) is 0. The van der Waals surface area contributed by atoms with Gasteiger partial charge in [0.25, 0.3) is 5.69 Å². The summed E-state index contributed by atoms with van der Waals surface area (Å²) in [6, 6.07) is 6.92. The zero-order valence-electron chi connectivity index (χ0n) is 10.5. The molecule has 0 amide bonds. The molecule has 1 aromatic rings. The van der Waals surface area contributed by atoms with E-state index in [4.69, 9.17) is 5.73 Å². The minimum absolute atomic E-state index is 0.0731. The number of nitro groups is 1. The first-order valence-corrected chi connectivity index (χ1v) is 5.95. The molecule has 0 saturated heterocycles. The van der Waals surface area contributed by atoms with Gasteiger partial charge in [-0.1, -0.05) is 32.0 Å². The maximum Gasteiger partial charge on any atom is 0.272 e. The first-order valence-electron chi connectivity index (χ1n) is 5.95. The summed E-state index contributed by atoms with van der Waals surface area (Å²) in [5.74, 6) is 0. The lowest BCUT2D eigenvalue weighted by Gasteiger charge is -2.26. The van der Waals surface area contributed by atoms with Crippen molar-refractivity contribution >= 4 is 5.69 Å². The molecule has 0 spiro atoms. The maximum absolute atomic E-state index is 10.9. The van der Waals surface area contributed by atoms with E-state index in [1.165, 1.54) is 0 Å². The van der Waals surface area contributed by atoms with Crippen molar-refractivity contribution in [1.29, 1.82) is 0 Å². The third-order valence-corrected chi connectivity index (χ3v) is 3.53. The largest absolute Gasteiger partial charge is 0.330 e. The number of benzene rings is 1. The highest BCUT2D eigenvalue weighted by molar-refractivity contribution is 5.39. The molecule has 94 valence electrons. The van der Waals surface area contributed by atoms with Gasteiger partial charge in [0.15, 0.2) is 0 Å². The van der Waals surface area contributed by atoms with Gasteiger partial charge in [-0.2, -0.15) is 0 Å². The molecule has 1 atom stereocenters. The average molecular weight is 236 g/mol. The summed E-state index contributed by atoms with van der Waals surface area (Å²) in [6.07, 6.45) is 2.58. The van der Waals surface area contributed by atoms with E-state index in [-0.39, 0.29) is 16.0 Å². The van der Waals surface area contributed by atoms with Crippen LogP contribution in [0.2, 0.25) is 0 Å². The van der Waals surface area contributed by atoms with Crippen molar-refractivity contribution in [1.82, 2.24) is 0 Å². The minimum Gasteiger partial charge on any atom is -0.330 e. The molecule has 0 aliphatic rings. The highest BCUT2D eigenvalue weighted by atomic mass is 16.6. The van der Waals surface area contributed by atoms with Crippen LogP contribution in [0.5, 0.6) is 0 Å². The van der Waals surface area contributed by atoms with Gasteiger partial charge in [0.2, 0.25) is 0 Å². The Labute approximate surface area is 102 Å². The molecular formula is C13H20N2O2. The molecule has 1 aromatic carbocycles. The Morgan fingerprint density at radius 1 is 1.41 bits per heavy atom. The van der Waals surface area contributed by atoms with E-state index < -0.39 is 0 Å². The molecule has 1 rings (SSSR count). The molecule has 0 saturated carbocycles. The van der Waals surface area contributed by atoms with Gasteiger partial charge in [-0.3, -0.25) is 10.1 Å². The molecule has 0 bridgehead atoms. The van der Waals surface area contributed by atoms with Crippen LogP contribution in [0, 0.1) is 15.5 Å². The fraction of sp³-hybridized carbons (Fsp3) is 0.538. The second kappa shape index (κ2) is 5.77. The number of aryl methyl sites for hydroxylation is 1. The molecule has 0 radical (unpaired) electrons. The van der Waals surface area contributed by atoms with Crippen molar-refractivity contribution in [2.24, 2.45) is 11.1 Å². The van der Waals surface area contributed by atoms with E-state index >= 15 is 0 Å². The number of nitrogens with two attached hydrogens (primary N) is 1. The zero-order chi connectivity index (χ0) is 12.9. The zero-order valence-corrected chi connectivity index (χ0v) is 10.5. The van der Waals surface area contributed by atoms with Crippen LogP contribution in [0.25, 0.3) is 0 Å². The van der Waals surface area contributed by atoms with Crippen molar-refractivity contribution in [3.8, 4) is 0 Å². The Kier molecular flexibility index (Phi) is 4.63. The molecule has 0 aliphatic carbocycles. The number of nitro benzene ring substituents is 1. The summed E-state index contributed by atoms with van der Waals surface area (Å²) in [5.41, 5.74) is 6.83. The molecule has 2 N–H and O–H groups in total. The number of rotatable bonds is 6. The standard InChI is InChI=1S/C13H20N2O2/c1-3-13(2,10-14)9-8-11-6-4-5-7-12(11)15(16)17/h4-7H,3,8-10,14H2,1-2H3. The molecule has 0 aliphatic heterocycles. The smallest absolute Gasteiger partial charge is 0.272 e. The monoisotopic (exact) mass is 236 g/mol. The predicted molar refractivity (Wildman–Crippen MR) is 68.9 cm³/mol. The van der Waals surface area contributed by atoms with Gasteiger partial charge in [-0.05, 0) is 31.2 Å². The van der Waals surface area contributed by atoms with Crippen LogP contribution in [0.1, 0.15) is 32.3 Å². The summed E-state index contributed by atoms with van der Waals surface area (Å²) >= 11 is 0. The topological polar surface area (TPSA) is 69.2 Å². The number of hydrogen-bond donors (Lipinski definition) is 1. The van der Waals surface area contributed by atoms with Crippen molar-refractivity contribution in [3.63, 3.8) is 0 Å². The molecule has 17 heavy (non-hydrogen) atoms. The van der Waals surface area contributed by atoms with E-state index in [2.05, 4.69) is 13.8 Å². The maximum atomic E-state index is 10.9. The van der Waals surface area contributed by atoms with E-state index in [1.807, 2.05) is 12.1 Å². The Bertz CT molecular complexity index is 387.